The number of aromatic nitrogens is 2. The Balaban J connectivity index is 0.00000325. The molecule has 5 aromatic carbocycles. The monoisotopic (exact) mass is 768 g/mol. The van der Waals surface area contributed by atoms with Gasteiger partial charge in [-0.05, 0) is 60.3 Å². The fourth-order valence-electron chi connectivity index (χ4n) is 5.92. The molecule has 0 aliphatic carbocycles. The second kappa shape index (κ2) is 11.5. The first-order valence-corrected chi connectivity index (χ1v) is 14.4. The molecule has 0 N–H and O–H groups in total. The molecule has 2 aromatic heterocycles. The molecule has 5 nitrogen and oxygen atoms in total. The Kier molecular flexibility index (Phi) is 7.38. The molecule has 0 saturated carbocycles. The van der Waals surface area contributed by atoms with Crippen LogP contribution in [0, 0.1) is 38.5 Å². The molecule has 0 amide bonds. The van der Waals surface area contributed by atoms with Crippen molar-refractivity contribution in [3.63, 3.8) is 0 Å². The SMILES string of the molecule is Cc1cc(Oc2[c-]c3c(cc2)c2ccccc2n3-c2cc(C)ccn2)[c-]c(N2[CH-]N(c3ccccc3F)c3ccccc32)c1.[Pt]. The molecule has 1 aliphatic rings. The van der Waals surface area contributed by atoms with Gasteiger partial charge in [0.25, 0.3) is 0 Å². The quantitative estimate of drug-likeness (QED) is 0.164. The number of pyridine rings is 1. The number of anilines is 4. The number of hydrogen-bond acceptors (Lipinski definition) is 4. The maximum absolute atomic E-state index is 14.9. The van der Waals surface area contributed by atoms with Crippen molar-refractivity contribution < 1.29 is 30.2 Å². The van der Waals surface area contributed by atoms with Crippen LogP contribution in [-0.2, 0) is 21.1 Å². The minimum atomic E-state index is -0.290. The molecular formula is C38H26FN4OPt-3. The zero-order chi connectivity index (χ0) is 29.8. The average Bonchev–Trinajstić information content (AvgIpc) is 3.57. The third kappa shape index (κ3) is 5.05. The average molecular weight is 769 g/mol. The fourth-order valence-corrected chi connectivity index (χ4v) is 5.92. The first kappa shape index (κ1) is 28.8. The minimum absolute atomic E-state index is 0. The van der Waals surface area contributed by atoms with Gasteiger partial charge in [0.2, 0.25) is 0 Å². The molecular weight excluding hydrogens is 743 g/mol. The summed E-state index contributed by atoms with van der Waals surface area (Å²) in [4.78, 5) is 8.55. The Labute approximate surface area is 275 Å². The van der Waals surface area contributed by atoms with Crippen molar-refractivity contribution >= 4 is 44.6 Å². The van der Waals surface area contributed by atoms with E-state index >= 15 is 0 Å². The standard InChI is InChI=1S/C38H26FN4O.Pt/c1-25-17-18-40-38(21-25)43-33-11-5-3-9-30(33)31-16-15-28(23-37(31)43)44-29-20-26(2)19-27(22-29)41-24-42(34-12-6-4-10-32(34)39)36-14-8-7-13-35(36)41;/h3-21,24H,1-2H3;/q-3;. The number of nitrogens with zero attached hydrogens (tertiary/aromatic N) is 4. The van der Waals surface area contributed by atoms with Crippen molar-refractivity contribution in [2.75, 3.05) is 9.80 Å². The third-order valence-corrected chi connectivity index (χ3v) is 7.88. The molecule has 1 aliphatic heterocycles. The number of halogens is 1. The van der Waals surface area contributed by atoms with Crippen LogP contribution < -0.4 is 14.5 Å². The molecule has 0 bridgehead atoms. The van der Waals surface area contributed by atoms with E-state index in [-0.39, 0.29) is 26.9 Å². The van der Waals surface area contributed by atoms with Gasteiger partial charge in [0.15, 0.2) is 0 Å². The summed E-state index contributed by atoms with van der Waals surface area (Å²) in [6, 6.07) is 42.1. The first-order chi connectivity index (χ1) is 21.5. The summed E-state index contributed by atoms with van der Waals surface area (Å²) in [7, 11) is 0. The normalized spacial score (nSPS) is 12.4. The number of rotatable bonds is 5. The van der Waals surface area contributed by atoms with Crippen LogP contribution in [0.15, 0.2) is 115 Å². The smallest absolute Gasteiger partial charge is 0.144 e. The van der Waals surface area contributed by atoms with Gasteiger partial charge in [0.1, 0.15) is 11.6 Å². The van der Waals surface area contributed by atoms with E-state index in [2.05, 4.69) is 52.9 Å². The Morgan fingerprint density at radius 2 is 1.42 bits per heavy atom. The van der Waals surface area contributed by atoms with E-state index in [0.717, 1.165) is 55.8 Å². The van der Waals surface area contributed by atoms with Crippen molar-refractivity contribution in [1.82, 2.24) is 9.55 Å². The van der Waals surface area contributed by atoms with E-state index in [9.17, 15) is 4.39 Å². The van der Waals surface area contributed by atoms with Gasteiger partial charge in [0, 0.05) is 61.3 Å². The molecule has 0 unspecified atom stereocenters. The van der Waals surface area contributed by atoms with E-state index in [1.54, 1.807) is 12.1 Å². The number of ether oxygens (including phenoxy) is 1. The van der Waals surface area contributed by atoms with Crippen LogP contribution in [0.2, 0.25) is 0 Å². The van der Waals surface area contributed by atoms with Gasteiger partial charge in [-0.1, -0.05) is 54.9 Å². The molecule has 8 rings (SSSR count). The summed E-state index contributed by atoms with van der Waals surface area (Å²) < 4.78 is 23.4. The minimum Gasteiger partial charge on any atom is -0.509 e. The Morgan fingerprint density at radius 3 is 2.22 bits per heavy atom. The number of fused-ring (bicyclic) bond motifs is 4. The van der Waals surface area contributed by atoms with Gasteiger partial charge in [-0.15, -0.1) is 48.1 Å². The van der Waals surface area contributed by atoms with Gasteiger partial charge in [0.05, 0.1) is 0 Å². The van der Waals surface area contributed by atoms with E-state index in [1.165, 1.54) is 6.07 Å². The molecule has 0 saturated heterocycles. The summed E-state index contributed by atoms with van der Waals surface area (Å²) >= 11 is 0. The molecule has 7 heteroatoms. The number of hydrogen-bond donors (Lipinski definition) is 0. The molecule has 3 heterocycles. The summed E-state index contributed by atoms with van der Waals surface area (Å²) in [5.41, 5.74) is 7.14. The predicted molar refractivity (Wildman–Crippen MR) is 174 cm³/mol. The molecule has 0 radical (unpaired) electrons. The number of benzene rings is 5. The summed E-state index contributed by atoms with van der Waals surface area (Å²) in [5, 5.41) is 2.20. The first-order valence-electron chi connectivity index (χ1n) is 14.4. The van der Waals surface area contributed by atoms with Gasteiger partial charge in [-0.3, -0.25) is 0 Å². The summed E-state index contributed by atoms with van der Waals surface area (Å²) in [6.07, 6.45) is 1.83. The number of para-hydroxylation sites is 4. The van der Waals surface area contributed by atoms with Crippen molar-refractivity contribution in [3.8, 4) is 17.3 Å². The summed E-state index contributed by atoms with van der Waals surface area (Å²) in [6.45, 7) is 5.98. The van der Waals surface area contributed by atoms with Crippen LogP contribution in [0.1, 0.15) is 11.1 Å². The van der Waals surface area contributed by atoms with E-state index in [4.69, 9.17) is 4.74 Å². The van der Waals surface area contributed by atoms with E-state index in [1.807, 2.05) is 96.3 Å². The molecule has 0 atom stereocenters. The van der Waals surface area contributed by atoms with Crippen LogP contribution in [0.25, 0.3) is 27.6 Å². The van der Waals surface area contributed by atoms with Gasteiger partial charge in [-0.25, -0.2) is 9.37 Å². The Bertz CT molecular complexity index is 2210. The van der Waals surface area contributed by atoms with Crippen LogP contribution in [0.3, 0.4) is 0 Å². The van der Waals surface area contributed by atoms with Crippen LogP contribution in [-0.4, -0.2) is 9.55 Å². The number of aryl methyl sites for hydroxylation is 2. The Morgan fingerprint density at radius 1 is 0.689 bits per heavy atom. The van der Waals surface area contributed by atoms with Gasteiger partial charge in [-0.2, -0.15) is 11.6 Å². The van der Waals surface area contributed by atoms with Crippen molar-refractivity contribution in [2.24, 2.45) is 0 Å². The predicted octanol–water partition coefficient (Wildman–Crippen LogP) is 9.73. The topological polar surface area (TPSA) is 33.5 Å². The third-order valence-electron chi connectivity index (χ3n) is 7.88. The van der Waals surface area contributed by atoms with E-state index in [0.29, 0.717) is 17.2 Å². The fraction of sp³-hybridized carbons (Fsp3) is 0.0526. The van der Waals surface area contributed by atoms with E-state index < -0.39 is 0 Å². The molecule has 0 spiro atoms. The largest absolute Gasteiger partial charge is 0.509 e. The molecule has 45 heavy (non-hydrogen) atoms. The van der Waals surface area contributed by atoms with Crippen molar-refractivity contribution in [1.29, 1.82) is 0 Å². The zero-order valence-corrected chi connectivity index (χ0v) is 26.7. The molecule has 0 fully saturated rings. The van der Waals surface area contributed by atoms with Crippen LogP contribution >= 0.6 is 0 Å². The summed E-state index contributed by atoms with van der Waals surface area (Å²) in [5.74, 6) is 1.67. The van der Waals surface area contributed by atoms with Crippen LogP contribution in [0.4, 0.5) is 27.1 Å². The Hall–Kier alpha value is -4.93. The van der Waals surface area contributed by atoms with Crippen LogP contribution in [0.5, 0.6) is 11.5 Å². The van der Waals surface area contributed by atoms with Crippen molar-refractivity contribution in [3.05, 3.63) is 151 Å². The van der Waals surface area contributed by atoms with Gasteiger partial charge < -0.3 is 19.1 Å². The second-order valence-corrected chi connectivity index (χ2v) is 10.9. The molecule has 7 aromatic rings. The van der Waals surface area contributed by atoms with Crippen molar-refractivity contribution in [2.45, 2.75) is 13.8 Å². The maximum atomic E-state index is 14.9. The molecule has 224 valence electrons. The van der Waals surface area contributed by atoms with Gasteiger partial charge >= 0.3 is 0 Å². The zero-order valence-electron chi connectivity index (χ0n) is 24.4. The second-order valence-electron chi connectivity index (χ2n) is 10.9. The maximum Gasteiger partial charge on any atom is 0.144 e.